The fourth-order valence-electron chi connectivity index (χ4n) is 4.46. The summed E-state index contributed by atoms with van der Waals surface area (Å²) in [6.07, 6.45) is 2.01. The normalized spacial score (nSPS) is 14.2. The van der Waals surface area contributed by atoms with E-state index in [9.17, 15) is 15.0 Å². The molecule has 2 heterocycles. The van der Waals surface area contributed by atoms with Gasteiger partial charge in [0.1, 0.15) is 11.5 Å². The molecule has 0 atom stereocenters. The van der Waals surface area contributed by atoms with Crippen LogP contribution in [-0.4, -0.2) is 46.3 Å². The first-order valence-corrected chi connectivity index (χ1v) is 11.4. The summed E-state index contributed by atoms with van der Waals surface area (Å²) >= 11 is 0. The van der Waals surface area contributed by atoms with Crippen molar-refractivity contribution < 1.29 is 19.5 Å². The van der Waals surface area contributed by atoms with Crippen molar-refractivity contribution in [3.05, 3.63) is 52.7 Å². The van der Waals surface area contributed by atoms with Gasteiger partial charge in [0.05, 0.1) is 11.1 Å². The van der Waals surface area contributed by atoms with Gasteiger partial charge in [-0.15, -0.1) is 0 Å². The van der Waals surface area contributed by atoms with E-state index in [2.05, 4.69) is 34.6 Å². The van der Waals surface area contributed by atoms with Gasteiger partial charge in [-0.25, -0.2) is 0 Å². The van der Waals surface area contributed by atoms with Gasteiger partial charge in [0, 0.05) is 19.2 Å². The number of phenolic OH excluding ortho intramolecular Hbond substituents is 2. The van der Waals surface area contributed by atoms with Crippen molar-refractivity contribution in [1.29, 1.82) is 0 Å². The van der Waals surface area contributed by atoms with Crippen LogP contribution in [-0.2, 0) is 13.0 Å². The molecular formula is C26H31N3O4. The van der Waals surface area contributed by atoms with Crippen LogP contribution in [0.4, 0.5) is 0 Å². The number of hydrogen-bond donors (Lipinski definition) is 3. The van der Waals surface area contributed by atoms with Crippen LogP contribution >= 0.6 is 0 Å². The van der Waals surface area contributed by atoms with Crippen molar-refractivity contribution in [2.75, 3.05) is 20.1 Å². The van der Waals surface area contributed by atoms with Crippen LogP contribution in [0.2, 0.25) is 0 Å². The average molecular weight is 450 g/mol. The molecule has 0 bridgehead atoms. The van der Waals surface area contributed by atoms with E-state index in [0.717, 1.165) is 31.5 Å². The molecule has 0 saturated carbocycles. The van der Waals surface area contributed by atoms with Crippen LogP contribution < -0.4 is 5.32 Å². The molecule has 3 N–H and O–H groups in total. The fourth-order valence-corrected chi connectivity index (χ4v) is 4.46. The van der Waals surface area contributed by atoms with E-state index in [0.29, 0.717) is 29.0 Å². The first-order valence-electron chi connectivity index (χ1n) is 11.4. The molecule has 0 saturated heterocycles. The highest BCUT2D eigenvalue weighted by atomic mass is 16.5. The lowest BCUT2D eigenvalue weighted by Crippen LogP contribution is -2.23. The van der Waals surface area contributed by atoms with E-state index in [1.54, 1.807) is 6.07 Å². The van der Waals surface area contributed by atoms with Crippen molar-refractivity contribution in [1.82, 2.24) is 15.4 Å². The standard InChI is InChI=1S/C26H31N3O4/c1-5-27-26(32)24-23(17-8-9-18-14-29(4)10-6-7-16(18)11-17)25(33-28-24)20-12-19(15(2)3)21(30)13-22(20)31/h8-9,11-13,15,30-31H,5-7,10,14H2,1-4H3,(H,27,32). The van der Waals surface area contributed by atoms with Gasteiger partial charge in [0.2, 0.25) is 0 Å². The Morgan fingerprint density at radius 2 is 1.97 bits per heavy atom. The molecule has 1 amide bonds. The fraction of sp³-hybridized carbons (Fsp3) is 0.385. The van der Waals surface area contributed by atoms with Gasteiger partial charge in [-0.2, -0.15) is 0 Å². The maximum atomic E-state index is 12.8. The smallest absolute Gasteiger partial charge is 0.274 e. The molecule has 0 fully saturated rings. The number of aromatic hydroxyl groups is 2. The summed E-state index contributed by atoms with van der Waals surface area (Å²) < 4.78 is 5.68. The number of amides is 1. The molecule has 4 rings (SSSR count). The number of benzene rings is 2. The van der Waals surface area contributed by atoms with Gasteiger partial charge in [0.15, 0.2) is 11.5 Å². The zero-order chi connectivity index (χ0) is 23.7. The molecular weight excluding hydrogens is 418 g/mol. The molecule has 2 aromatic carbocycles. The van der Waals surface area contributed by atoms with Gasteiger partial charge in [-0.1, -0.05) is 37.2 Å². The van der Waals surface area contributed by atoms with Crippen LogP contribution in [0.3, 0.4) is 0 Å². The lowest BCUT2D eigenvalue weighted by atomic mass is 9.92. The number of hydrogen-bond acceptors (Lipinski definition) is 6. The van der Waals surface area contributed by atoms with Gasteiger partial charge in [-0.05, 0) is 67.6 Å². The minimum atomic E-state index is -0.334. The number of carbonyl (C=O) groups is 1. The third-order valence-electron chi connectivity index (χ3n) is 6.18. The van der Waals surface area contributed by atoms with E-state index >= 15 is 0 Å². The van der Waals surface area contributed by atoms with Crippen LogP contribution in [0, 0.1) is 0 Å². The quantitative estimate of drug-likeness (QED) is 0.524. The number of fused-ring (bicyclic) bond motifs is 1. The summed E-state index contributed by atoms with van der Waals surface area (Å²) in [7, 11) is 2.12. The first kappa shape index (κ1) is 22.9. The Hall–Kier alpha value is -3.32. The Balaban J connectivity index is 1.91. The molecule has 0 unspecified atom stereocenters. The molecule has 33 heavy (non-hydrogen) atoms. The predicted octanol–water partition coefficient (Wildman–Crippen LogP) is 4.67. The number of nitrogens with one attached hydrogen (secondary N) is 1. The minimum absolute atomic E-state index is 0.0189. The van der Waals surface area contributed by atoms with Crippen LogP contribution in [0.5, 0.6) is 11.5 Å². The maximum absolute atomic E-state index is 12.8. The molecule has 0 radical (unpaired) electrons. The highest BCUT2D eigenvalue weighted by molar-refractivity contribution is 6.02. The highest BCUT2D eigenvalue weighted by Gasteiger charge is 2.27. The van der Waals surface area contributed by atoms with Gasteiger partial charge < -0.3 is 25.0 Å². The summed E-state index contributed by atoms with van der Waals surface area (Å²) in [6, 6.07) is 9.21. The topological polar surface area (TPSA) is 98.8 Å². The number of rotatable bonds is 5. The molecule has 7 heteroatoms. The SMILES string of the molecule is CCNC(=O)c1noc(-c2cc(C(C)C)c(O)cc2O)c1-c1ccc2c(c1)CCCN(C)C2. The Bertz CT molecular complexity index is 1180. The van der Waals surface area contributed by atoms with Crippen molar-refractivity contribution in [3.8, 4) is 33.9 Å². The largest absolute Gasteiger partial charge is 0.508 e. The van der Waals surface area contributed by atoms with Crippen molar-refractivity contribution >= 4 is 5.91 Å². The Morgan fingerprint density at radius 1 is 1.18 bits per heavy atom. The second-order valence-corrected chi connectivity index (χ2v) is 9.00. The molecule has 1 aliphatic rings. The molecule has 7 nitrogen and oxygen atoms in total. The van der Waals surface area contributed by atoms with E-state index in [-0.39, 0.29) is 29.0 Å². The minimum Gasteiger partial charge on any atom is -0.508 e. The van der Waals surface area contributed by atoms with Crippen molar-refractivity contribution in [2.45, 2.75) is 46.1 Å². The Morgan fingerprint density at radius 3 is 2.70 bits per heavy atom. The van der Waals surface area contributed by atoms with Gasteiger partial charge in [0.25, 0.3) is 5.91 Å². The number of aromatic nitrogens is 1. The summed E-state index contributed by atoms with van der Waals surface area (Å²) in [5, 5.41) is 27.9. The van der Waals surface area contributed by atoms with Crippen LogP contribution in [0.25, 0.3) is 22.5 Å². The number of nitrogens with zero attached hydrogens (tertiary/aromatic N) is 2. The molecule has 3 aromatic rings. The Kier molecular flexibility index (Phi) is 6.42. The second kappa shape index (κ2) is 9.27. The summed E-state index contributed by atoms with van der Waals surface area (Å²) in [4.78, 5) is 15.1. The van der Waals surface area contributed by atoms with Crippen molar-refractivity contribution in [3.63, 3.8) is 0 Å². The van der Waals surface area contributed by atoms with Gasteiger partial charge in [-0.3, -0.25) is 4.79 Å². The zero-order valence-corrected chi connectivity index (χ0v) is 19.6. The number of aryl methyl sites for hydroxylation is 1. The van der Waals surface area contributed by atoms with E-state index < -0.39 is 0 Å². The van der Waals surface area contributed by atoms with E-state index in [1.165, 1.54) is 17.2 Å². The van der Waals surface area contributed by atoms with Crippen LogP contribution in [0.15, 0.2) is 34.9 Å². The second-order valence-electron chi connectivity index (χ2n) is 9.00. The zero-order valence-electron chi connectivity index (χ0n) is 19.6. The van der Waals surface area contributed by atoms with Crippen molar-refractivity contribution in [2.24, 2.45) is 0 Å². The van der Waals surface area contributed by atoms with E-state index in [4.69, 9.17) is 4.52 Å². The molecule has 0 spiro atoms. The Labute approximate surface area is 194 Å². The third kappa shape index (κ3) is 4.46. The first-order chi connectivity index (χ1) is 15.8. The van der Waals surface area contributed by atoms with E-state index in [1.807, 2.05) is 26.8 Å². The highest BCUT2D eigenvalue weighted by Crippen LogP contribution is 2.43. The molecule has 174 valence electrons. The monoisotopic (exact) mass is 449 g/mol. The lowest BCUT2D eigenvalue weighted by Gasteiger charge is -2.15. The maximum Gasteiger partial charge on any atom is 0.274 e. The third-order valence-corrected chi connectivity index (χ3v) is 6.18. The lowest BCUT2D eigenvalue weighted by molar-refractivity contribution is 0.0947. The van der Waals surface area contributed by atoms with Crippen LogP contribution in [0.1, 0.15) is 60.3 Å². The predicted molar refractivity (Wildman–Crippen MR) is 127 cm³/mol. The number of carbonyl (C=O) groups excluding carboxylic acids is 1. The molecule has 1 aliphatic heterocycles. The summed E-state index contributed by atoms with van der Waals surface area (Å²) in [5.41, 5.74) is 5.11. The summed E-state index contributed by atoms with van der Waals surface area (Å²) in [5.74, 6) is -0.109. The van der Waals surface area contributed by atoms with Gasteiger partial charge >= 0.3 is 0 Å². The molecule has 1 aromatic heterocycles. The molecule has 0 aliphatic carbocycles. The average Bonchev–Trinajstić information content (AvgIpc) is 3.10. The number of phenols is 2. The summed E-state index contributed by atoms with van der Waals surface area (Å²) in [6.45, 7) is 8.14.